The highest BCUT2D eigenvalue weighted by Crippen LogP contribution is 2.41. The van der Waals surface area contributed by atoms with Crippen molar-refractivity contribution < 1.29 is 14.3 Å². The first-order valence-electron chi connectivity index (χ1n) is 9.97. The second-order valence-corrected chi connectivity index (χ2v) is 7.73. The summed E-state index contributed by atoms with van der Waals surface area (Å²) in [6, 6.07) is 13.3. The predicted molar refractivity (Wildman–Crippen MR) is 114 cm³/mol. The molecule has 28 heavy (non-hydrogen) atoms. The van der Waals surface area contributed by atoms with Crippen molar-refractivity contribution in [3.05, 3.63) is 53.1 Å². The van der Waals surface area contributed by atoms with Crippen molar-refractivity contribution in [3.63, 3.8) is 0 Å². The molecule has 0 bridgehead atoms. The number of hydrogen-bond donors (Lipinski definition) is 1. The number of carbonyl (C=O) groups excluding carboxylic acids is 1. The van der Waals surface area contributed by atoms with E-state index in [0.717, 1.165) is 43.4 Å². The SMILES string of the molecule is CCCOc1ccc(NC(=O)C2(c3ccc(OC)cc3)CCCCC2)cc1Cl. The fraction of sp³-hybridized carbons (Fsp3) is 0.435. The molecule has 0 atom stereocenters. The van der Waals surface area contributed by atoms with Crippen LogP contribution in [0, 0.1) is 0 Å². The summed E-state index contributed by atoms with van der Waals surface area (Å²) in [5, 5.41) is 3.60. The Labute approximate surface area is 172 Å². The van der Waals surface area contributed by atoms with Gasteiger partial charge in [-0.1, -0.05) is 49.9 Å². The molecule has 3 rings (SSSR count). The van der Waals surface area contributed by atoms with Gasteiger partial charge in [0.2, 0.25) is 5.91 Å². The van der Waals surface area contributed by atoms with Gasteiger partial charge >= 0.3 is 0 Å². The first kappa shape index (κ1) is 20.5. The molecule has 1 N–H and O–H groups in total. The maximum atomic E-state index is 13.4. The summed E-state index contributed by atoms with van der Waals surface area (Å²) in [6.45, 7) is 2.66. The van der Waals surface area contributed by atoms with Crippen molar-refractivity contribution in [3.8, 4) is 11.5 Å². The average Bonchev–Trinajstić information content (AvgIpc) is 2.73. The quantitative estimate of drug-likeness (QED) is 0.620. The molecule has 1 saturated carbocycles. The van der Waals surface area contributed by atoms with Crippen LogP contribution in [0.5, 0.6) is 11.5 Å². The first-order chi connectivity index (χ1) is 13.6. The molecule has 1 aliphatic carbocycles. The lowest BCUT2D eigenvalue weighted by Crippen LogP contribution is -2.42. The Morgan fingerprint density at radius 1 is 1.11 bits per heavy atom. The van der Waals surface area contributed by atoms with Crippen molar-refractivity contribution in [2.24, 2.45) is 0 Å². The second kappa shape index (κ2) is 9.33. The largest absolute Gasteiger partial charge is 0.497 e. The molecular formula is C23H28ClNO3. The molecule has 0 unspecified atom stereocenters. The number of methoxy groups -OCH3 is 1. The van der Waals surface area contributed by atoms with Crippen LogP contribution in [0.2, 0.25) is 5.02 Å². The van der Waals surface area contributed by atoms with E-state index in [2.05, 4.69) is 5.32 Å². The predicted octanol–water partition coefficient (Wildman–Crippen LogP) is 5.98. The molecule has 0 aromatic heterocycles. The summed E-state index contributed by atoms with van der Waals surface area (Å²) in [5.74, 6) is 1.46. The van der Waals surface area contributed by atoms with Gasteiger partial charge in [-0.2, -0.15) is 0 Å². The first-order valence-corrected chi connectivity index (χ1v) is 10.3. The van der Waals surface area contributed by atoms with Crippen LogP contribution in [0.15, 0.2) is 42.5 Å². The smallest absolute Gasteiger partial charge is 0.235 e. The van der Waals surface area contributed by atoms with Crippen LogP contribution in [-0.2, 0) is 10.2 Å². The van der Waals surface area contributed by atoms with Crippen LogP contribution in [-0.4, -0.2) is 19.6 Å². The van der Waals surface area contributed by atoms with E-state index in [1.54, 1.807) is 13.2 Å². The summed E-state index contributed by atoms with van der Waals surface area (Å²) in [7, 11) is 1.65. The van der Waals surface area contributed by atoms with E-state index >= 15 is 0 Å². The molecule has 2 aromatic carbocycles. The van der Waals surface area contributed by atoms with E-state index in [-0.39, 0.29) is 5.91 Å². The molecule has 1 fully saturated rings. The van der Waals surface area contributed by atoms with Crippen LogP contribution in [0.1, 0.15) is 51.0 Å². The number of ether oxygens (including phenoxy) is 2. The monoisotopic (exact) mass is 401 g/mol. The molecule has 0 radical (unpaired) electrons. The zero-order chi connectivity index (χ0) is 20.0. The van der Waals surface area contributed by atoms with Crippen LogP contribution in [0.4, 0.5) is 5.69 Å². The number of nitrogens with one attached hydrogen (secondary N) is 1. The van der Waals surface area contributed by atoms with Crippen LogP contribution in [0.25, 0.3) is 0 Å². The van der Waals surface area contributed by atoms with E-state index in [1.165, 1.54) is 6.42 Å². The number of anilines is 1. The van der Waals surface area contributed by atoms with Gasteiger partial charge in [0.25, 0.3) is 0 Å². The Hall–Kier alpha value is -2.20. The minimum atomic E-state index is -0.519. The standard InChI is InChI=1S/C23H28ClNO3/c1-3-15-28-21-12-9-18(16-20(21)24)25-22(26)23(13-5-4-6-14-23)17-7-10-19(27-2)11-8-17/h7-12,16H,3-6,13-15H2,1-2H3,(H,25,26). The lowest BCUT2D eigenvalue weighted by molar-refractivity contribution is -0.122. The Balaban J connectivity index is 1.83. The van der Waals surface area contributed by atoms with Gasteiger partial charge in [0.15, 0.2) is 0 Å². The highest BCUT2D eigenvalue weighted by Gasteiger charge is 2.41. The van der Waals surface area contributed by atoms with E-state index in [9.17, 15) is 4.79 Å². The summed E-state index contributed by atoms with van der Waals surface area (Å²) < 4.78 is 10.9. The van der Waals surface area contributed by atoms with Crippen LogP contribution < -0.4 is 14.8 Å². The van der Waals surface area contributed by atoms with E-state index in [4.69, 9.17) is 21.1 Å². The van der Waals surface area contributed by atoms with Crippen molar-refractivity contribution >= 4 is 23.2 Å². The third-order valence-corrected chi connectivity index (χ3v) is 5.73. The molecule has 150 valence electrons. The molecule has 0 spiro atoms. The highest BCUT2D eigenvalue weighted by atomic mass is 35.5. The fourth-order valence-electron chi connectivity index (χ4n) is 3.87. The number of halogens is 1. The number of hydrogen-bond acceptors (Lipinski definition) is 3. The van der Waals surface area contributed by atoms with Gasteiger partial charge in [-0.25, -0.2) is 0 Å². The Morgan fingerprint density at radius 2 is 1.82 bits per heavy atom. The normalized spacial score (nSPS) is 15.7. The van der Waals surface area contributed by atoms with Crippen LogP contribution >= 0.6 is 11.6 Å². The number of rotatable bonds is 7. The fourth-order valence-corrected chi connectivity index (χ4v) is 4.11. The number of carbonyl (C=O) groups is 1. The van der Waals surface area contributed by atoms with E-state index in [0.29, 0.717) is 23.1 Å². The zero-order valence-electron chi connectivity index (χ0n) is 16.6. The van der Waals surface area contributed by atoms with E-state index in [1.807, 2.05) is 43.3 Å². The minimum Gasteiger partial charge on any atom is -0.497 e. The maximum Gasteiger partial charge on any atom is 0.235 e. The second-order valence-electron chi connectivity index (χ2n) is 7.32. The molecule has 0 heterocycles. The minimum absolute atomic E-state index is 0.0238. The van der Waals surface area contributed by atoms with Crippen LogP contribution in [0.3, 0.4) is 0 Å². The van der Waals surface area contributed by atoms with Crippen molar-refractivity contribution in [1.82, 2.24) is 0 Å². The zero-order valence-corrected chi connectivity index (χ0v) is 17.3. The Bertz CT molecular complexity index is 798. The summed E-state index contributed by atoms with van der Waals surface area (Å²) in [5.41, 5.74) is 1.21. The molecule has 0 aliphatic heterocycles. The topological polar surface area (TPSA) is 47.6 Å². The average molecular weight is 402 g/mol. The molecule has 1 amide bonds. The third kappa shape index (κ3) is 4.44. The van der Waals surface area contributed by atoms with Gasteiger partial charge in [0.05, 0.1) is 24.2 Å². The Morgan fingerprint density at radius 3 is 2.43 bits per heavy atom. The van der Waals surface area contributed by atoms with Gasteiger partial charge in [0.1, 0.15) is 11.5 Å². The molecule has 1 aliphatic rings. The number of amides is 1. The molecule has 2 aromatic rings. The van der Waals surface area contributed by atoms with Gasteiger partial charge in [-0.15, -0.1) is 0 Å². The van der Waals surface area contributed by atoms with Crippen molar-refractivity contribution in [1.29, 1.82) is 0 Å². The van der Waals surface area contributed by atoms with Gasteiger partial charge in [-0.05, 0) is 55.2 Å². The maximum absolute atomic E-state index is 13.4. The van der Waals surface area contributed by atoms with Gasteiger partial charge < -0.3 is 14.8 Å². The summed E-state index contributed by atoms with van der Waals surface area (Å²) in [4.78, 5) is 13.4. The highest BCUT2D eigenvalue weighted by molar-refractivity contribution is 6.32. The number of benzene rings is 2. The molecule has 4 nitrogen and oxygen atoms in total. The van der Waals surface area contributed by atoms with Gasteiger partial charge in [0, 0.05) is 5.69 Å². The molecular weight excluding hydrogens is 374 g/mol. The lowest BCUT2D eigenvalue weighted by atomic mass is 9.68. The van der Waals surface area contributed by atoms with Crippen molar-refractivity contribution in [2.45, 2.75) is 50.9 Å². The summed E-state index contributed by atoms with van der Waals surface area (Å²) in [6.07, 6.45) is 5.86. The van der Waals surface area contributed by atoms with E-state index < -0.39 is 5.41 Å². The van der Waals surface area contributed by atoms with Crippen molar-refractivity contribution in [2.75, 3.05) is 19.0 Å². The van der Waals surface area contributed by atoms with Gasteiger partial charge in [-0.3, -0.25) is 4.79 Å². The molecule has 5 heteroatoms. The third-order valence-electron chi connectivity index (χ3n) is 5.44. The lowest BCUT2D eigenvalue weighted by Gasteiger charge is -2.36. The Kier molecular flexibility index (Phi) is 6.84. The summed E-state index contributed by atoms with van der Waals surface area (Å²) >= 11 is 6.33. The molecule has 0 saturated heterocycles.